The first-order valence-electron chi connectivity index (χ1n) is 10.8. The number of imidazole rings is 1. The Bertz CT molecular complexity index is 988. The first-order chi connectivity index (χ1) is 16.6. The van der Waals surface area contributed by atoms with Crippen molar-refractivity contribution < 1.29 is 29.4 Å². The van der Waals surface area contributed by atoms with Crippen LogP contribution in [-0.4, -0.2) is 79.9 Å². The molecule has 0 fully saturated rings. The molecule has 35 heavy (non-hydrogen) atoms. The van der Waals surface area contributed by atoms with E-state index < -0.39 is 54.0 Å². The normalized spacial score (nSPS) is 15.2. The molecule has 0 aliphatic rings. The predicted molar refractivity (Wildman–Crippen MR) is 129 cm³/mol. The van der Waals surface area contributed by atoms with Gasteiger partial charge in [0.15, 0.2) is 0 Å². The van der Waals surface area contributed by atoms with Gasteiger partial charge in [0.2, 0.25) is 17.7 Å². The molecule has 0 aliphatic carbocycles. The molecule has 190 valence electrons. The molecular formula is C22H30N6O6S. The van der Waals surface area contributed by atoms with Crippen molar-refractivity contribution in [3.8, 4) is 0 Å². The number of carboxylic acids is 1. The molecule has 12 nitrogen and oxygen atoms in total. The van der Waals surface area contributed by atoms with Gasteiger partial charge in [0.1, 0.15) is 24.2 Å². The molecule has 0 bridgehead atoms. The summed E-state index contributed by atoms with van der Waals surface area (Å²) >= 11 is 4.11. The van der Waals surface area contributed by atoms with Gasteiger partial charge in [0.25, 0.3) is 0 Å². The van der Waals surface area contributed by atoms with E-state index in [2.05, 4.69) is 38.5 Å². The second-order valence-corrected chi connectivity index (χ2v) is 8.31. The smallest absolute Gasteiger partial charge is 0.326 e. The maximum Gasteiger partial charge on any atom is 0.326 e. The van der Waals surface area contributed by atoms with E-state index in [4.69, 9.17) is 5.73 Å². The summed E-state index contributed by atoms with van der Waals surface area (Å²) in [5.74, 6) is -3.60. The Morgan fingerprint density at radius 1 is 1.00 bits per heavy atom. The maximum absolute atomic E-state index is 13.1. The highest BCUT2D eigenvalue weighted by atomic mass is 32.1. The van der Waals surface area contributed by atoms with Crippen LogP contribution in [0.25, 0.3) is 0 Å². The summed E-state index contributed by atoms with van der Waals surface area (Å²) in [5, 5.41) is 26.5. The summed E-state index contributed by atoms with van der Waals surface area (Å²) < 4.78 is 0. The molecule has 0 saturated carbocycles. The van der Waals surface area contributed by atoms with Crippen molar-refractivity contribution in [1.29, 1.82) is 0 Å². The second-order valence-electron chi connectivity index (χ2n) is 7.94. The Labute approximate surface area is 207 Å². The van der Waals surface area contributed by atoms with Crippen LogP contribution in [0.2, 0.25) is 0 Å². The molecule has 3 amide bonds. The van der Waals surface area contributed by atoms with Gasteiger partial charge in [0.05, 0.1) is 12.4 Å². The van der Waals surface area contributed by atoms with Gasteiger partial charge < -0.3 is 36.9 Å². The standard InChI is InChI=1S/C22H30N6O6S/c1-12(29)18(23)21(32)26-15(7-13-5-3-2-4-6-13)19(30)28-17(10-35)20(31)27-16(22(33)34)8-14-9-24-11-25-14/h2-6,9,11-12,15-18,29,35H,7-8,10,23H2,1H3,(H,24,25)(H,26,32)(H,27,31)(H,28,30)(H,33,34). The molecule has 13 heteroatoms. The van der Waals surface area contributed by atoms with Crippen LogP contribution in [0.5, 0.6) is 0 Å². The number of H-pyrrole nitrogens is 1. The first kappa shape index (κ1) is 27.8. The van der Waals surface area contributed by atoms with Crippen LogP contribution in [0.4, 0.5) is 0 Å². The van der Waals surface area contributed by atoms with Crippen LogP contribution < -0.4 is 21.7 Å². The highest BCUT2D eigenvalue weighted by molar-refractivity contribution is 7.80. The molecule has 2 aromatic rings. The summed E-state index contributed by atoms with van der Waals surface area (Å²) in [6.07, 6.45) is 1.72. The van der Waals surface area contributed by atoms with Gasteiger partial charge in [-0.2, -0.15) is 12.6 Å². The number of benzene rings is 1. The van der Waals surface area contributed by atoms with Crippen molar-refractivity contribution in [3.63, 3.8) is 0 Å². The zero-order valence-corrected chi connectivity index (χ0v) is 19.9. The number of rotatable bonds is 13. The number of aliphatic carboxylic acids is 1. The number of carbonyl (C=O) groups excluding carboxylic acids is 3. The SMILES string of the molecule is CC(O)C(N)C(=O)NC(Cc1ccccc1)C(=O)NC(CS)C(=O)NC(Cc1cnc[nH]1)C(=O)O. The quantitative estimate of drug-likeness (QED) is 0.148. The molecular weight excluding hydrogens is 476 g/mol. The number of carboxylic acid groups (broad SMARTS) is 1. The Morgan fingerprint density at radius 3 is 2.14 bits per heavy atom. The van der Waals surface area contributed by atoms with E-state index in [1.807, 2.05) is 0 Å². The van der Waals surface area contributed by atoms with Gasteiger partial charge >= 0.3 is 5.97 Å². The third-order valence-electron chi connectivity index (χ3n) is 5.15. The van der Waals surface area contributed by atoms with Crippen LogP contribution in [0.3, 0.4) is 0 Å². The number of thiol groups is 1. The number of aromatic nitrogens is 2. The van der Waals surface area contributed by atoms with E-state index in [0.29, 0.717) is 5.69 Å². The van der Waals surface area contributed by atoms with Crippen molar-refractivity contribution in [3.05, 3.63) is 54.1 Å². The molecule has 1 aromatic carbocycles. The minimum Gasteiger partial charge on any atom is -0.480 e. The molecule has 0 radical (unpaired) electrons. The van der Waals surface area contributed by atoms with E-state index in [1.165, 1.54) is 19.4 Å². The Morgan fingerprint density at radius 2 is 1.60 bits per heavy atom. The van der Waals surface area contributed by atoms with Gasteiger partial charge in [-0.15, -0.1) is 0 Å². The maximum atomic E-state index is 13.1. The van der Waals surface area contributed by atoms with E-state index >= 15 is 0 Å². The number of nitrogens with one attached hydrogen (secondary N) is 4. The Balaban J connectivity index is 2.12. The Hall–Kier alpha value is -3.42. The summed E-state index contributed by atoms with van der Waals surface area (Å²) in [7, 11) is 0. The monoisotopic (exact) mass is 506 g/mol. The molecule has 8 N–H and O–H groups in total. The van der Waals surface area contributed by atoms with Gasteiger partial charge in [-0.1, -0.05) is 30.3 Å². The topological polar surface area (TPSA) is 200 Å². The van der Waals surface area contributed by atoms with E-state index in [1.54, 1.807) is 30.3 Å². The number of hydrogen-bond acceptors (Lipinski definition) is 8. The summed E-state index contributed by atoms with van der Waals surface area (Å²) in [4.78, 5) is 56.4. The van der Waals surface area contributed by atoms with Gasteiger partial charge in [-0.25, -0.2) is 9.78 Å². The molecule has 1 aromatic heterocycles. The van der Waals surface area contributed by atoms with Crippen molar-refractivity contribution in [2.75, 3.05) is 5.75 Å². The average molecular weight is 507 g/mol. The number of carbonyl (C=O) groups is 4. The van der Waals surface area contributed by atoms with E-state index in [-0.39, 0.29) is 18.6 Å². The van der Waals surface area contributed by atoms with Crippen LogP contribution in [0, 0.1) is 0 Å². The van der Waals surface area contributed by atoms with Crippen LogP contribution in [0.15, 0.2) is 42.9 Å². The lowest BCUT2D eigenvalue weighted by Gasteiger charge is -2.25. The zero-order valence-electron chi connectivity index (χ0n) is 19.0. The number of nitrogens with two attached hydrogens (primary N) is 1. The first-order valence-corrected chi connectivity index (χ1v) is 11.4. The van der Waals surface area contributed by atoms with Crippen LogP contribution >= 0.6 is 12.6 Å². The molecule has 2 rings (SSSR count). The second kappa shape index (κ2) is 13.5. The fourth-order valence-corrected chi connectivity index (χ4v) is 3.36. The van der Waals surface area contributed by atoms with Gasteiger partial charge in [0, 0.05) is 30.5 Å². The fraction of sp³-hybridized carbons (Fsp3) is 0.409. The fourth-order valence-electron chi connectivity index (χ4n) is 3.10. The number of aliphatic hydroxyl groups excluding tert-OH is 1. The number of nitrogens with zero attached hydrogens (tertiary/aromatic N) is 1. The van der Waals surface area contributed by atoms with Crippen molar-refractivity contribution in [2.24, 2.45) is 5.73 Å². The summed E-state index contributed by atoms with van der Waals surface area (Å²) in [6, 6.07) is 4.01. The summed E-state index contributed by atoms with van der Waals surface area (Å²) in [5.41, 5.74) is 6.92. The number of amides is 3. The van der Waals surface area contributed by atoms with Gasteiger partial charge in [-0.05, 0) is 12.5 Å². The summed E-state index contributed by atoms with van der Waals surface area (Å²) in [6.45, 7) is 1.35. The average Bonchev–Trinajstić information content (AvgIpc) is 3.34. The van der Waals surface area contributed by atoms with E-state index in [0.717, 1.165) is 5.56 Å². The third kappa shape index (κ3) is 8.70. The number of aliphatic hydroxyl groups is 1. The minimum atomic E-state index is -1.27. The van der Waals surface area contributed by atoms with Crippen LogP contribution in [0.1, 0.15) is 18.2 Å². The van der Waals surface area contributed by atoms with Crippen molar-refractivity contribution in [2.45, 2.75) is 50.0 Å². The lowest BCUT2D eigenvalue weighted by Crippen LogP contribution is -2.59. The predicted octanol–water partition coefficient (Wildman–Crippen LogP) is -1.63. The molecule has 0 spiro atoms. The molecule has 5 atom stereocenters. The van der Waals surface area contributed by atoms with Gasteiger partial charge in [-0.3, -0.25) is 14.4 Å². The molecule has 0 saturated heterocycles. The van der Waals surface area contributed by atoms with Crippen LogP contribution in [-0.2, 0) is 32.0 Å². The molecule has 0 aliphatic heterocycles. The minimum absolute atomic E-state index is 0.0434. The van der Waals surface area contributed by atoms with Crippen molar-refractivity contribution >= 4 is 36.3 Å². The highest BCUT2D eigenvalue weighted by Crippen LogP contribution is 2.06. The largest absolute Gasteiger partial charge is 0.480 e. The Kier molecular flexibility index (Phi) is 10.7. The molecule has 5 unspecified atom stereocenters. The zero-order chi connectivity index (χ0) is 26.0. The third-order valence-corrected chi connectivity index (χ3v) is 5.51. The highest BCUT2D eigenvalue weighted by Gasteiger charge is 2.30. The van der Waals surface area contributed by atoms with Crippen molar-refractivity contribution in [1.82, 2.24) is 25.9 Å². The molecule has 1 heterocycles. The number of aromatic amines is 1. The number of hydrogen-bond donors (Lipinski definition) is 8. The van der Waals surface area contributed by atoms with E-state index in [9.17, 15) is 29.4 Å². The lowest BCUT2D eigenvalue weighted by atomic mass is 10.0. The lowest BCUT2D eigenvalue weighted by molar-refractivity contribution is -0.142.